The fraction of sp³-hybridized carbons (Fsp3) is 0.909. The van der Waals surface area contributed by atoms with Crippen molar-refractivity contribution in [3.05, 3.63) is 0 Å². The van der Waals surface area contributed by atoms with Crippen LogP contribution < -0.4 is 10.6 Å². The molecule has 0 aromatic carbocycles. The van der Waals surface area contributed by atoms with Crippen LogP contribution >= 0.6 is 0 Å². The summed E-state index contributed by atoms with van der Waals surface area (Å²) in [5.74, 6) is 0.600. The number of sulfone groups is 1. The molecule has 18 heavy (non-hydrogen) atoms. The van der Waals surface area contributed by atoms with Gasteiger partial charge in [0.15, 0.2) is 15.8 Å². The fourth-order valence-corrected chi connectivity index (χ4v) is 1.41. The molecule has 0 bridgehead atoms. The molecule has 0 aliphatic rings. The summed E-state index contributed by atoms with van der Waals surface area (Å²) in [6.07, 6.45) is 2.11. The second-order valence-corrected chi connectivity index (χ2v) is 7.38. The molecule has 0 spiro atoms. The molecule has 0 aliphatic carbocycles. The Bertz CT molecular complexity index is 364. The number of aliphatic imine (C=N–C) groups is 1. The second-order valence-electron chi connectivity index (χ2n) is 4.73. The Hall–Kier alpha value is -0.820. The summed E-state index contributed by atoms with van der Waals surface area (Å²) >= 11 is 0. The van der Waals surface area contributed by atoms with E-state index in [1.165, 1.54) is 6.26 Å². The fourth-order valence-electron chi connectivity index (χ4n) is 1.07. The first-order chi connectivity index (χ1) is 8.24. The van der Waals surface area contributed by atoms with Crippen molar-refractivity contribution in [3.8, 4) is 0 Å². The predicted molar refractivity (Wildman–Crippen MR) is 74.8 cm³/mol. The maximum Gasteiger partial charge on any atom is 0.191 e. The van der Waals surface area contributed by atoms with Crippen LogP contribution in [0.15, 0.2) is 4.99 Å². The number of guanidine groups is 1. The maximum atomic E-state index is 11.5. The zero-order chi connectivity index (χ0) is 14.2. The van der Waals surface area contributed by atoms with Crippen molar-refractivity contribution in [2.45, 2.75) is 25.0 Å². The van der Waals surface area contributed by atoms with Crippen molar-refractivity contribution >= 4 is 15.8 Å². The van der Waals surface area contributed by atoms with Crippen molar-refractivity contribution in [1.29, 1.82) is 0 Å². The minimum atomic E-state index is -3.10. The van der Waals surface area contributed by atoms with Crippen molar-refractivity contribution in [2.75, 3.05) is 40.1 Å². The number of methoxy groups -OCH3 is 1. The SMILES string of the molecule is CN=C(NCCCOC)NCC(C)(C)S(C)(=O)=O. The first-order valence-corrected chi connectivity index (χ1v) is 7.77. The Kier molecular flexibility index (Phi) is 7.23. The van der Waals surface area contributed by atoms with Crippen LogP contribution in [0.3, 0.4) is 0 Å². The Morgan fingerprint density at radius 3 is 2.39 bits per heavy atom. The molecular weight excluding hydrogens is 254 g/mol. The van der Waals surface area contributed by atoms with Crippen molar-refractivity contribution in [3.63, 3.8) is 0 Å². The zero-order valence-electron chi connectivity index (χ0n) is 11.9. The van der Waals surface area contributed by atoms with Crippen LogP contribution in [0.2, 0.25) is 0 Å². The normalized spacial score (nSPS) is 13.5. The first kappa shape index (κ1) is 17.2. The summed E-state index contributed by atoms with van der Waals surface area (Å²) in [4.78, 5) is 4.03. The van der Waals surface area contributed by atoms with Crippen LogP contribution in [0.1, 0.15) is 20.3 Å². The van der Waals surface area contributed by atoms with Gasteiger partial charge < -0.3 is 15.4 Å². The van der Waals surface area contributed by atoms with E-state index in [0.29, 0.717) is 19.1 Å². The minimum absolute atomic E-state index is 0.315. The van der Waals surface area contributed by atoms with Crippen LogP contribution in [0.25, 0.3) is 0 Å². The van der Waals surface area contributed by atoms with Gasteiger partial charge in [-0.25, -0.2) is 8.42 Å². The topological polar surface area (TPSA) is 79.8 Å². The minimum Gasteiger partial charge on any atom is -0.385 e. The molecule has 0 aromatic rings. The first-order valence-electron chi connectivity index (χ1n) is 5.87. The average Bonchev–Trinajstić information content (AvgIpc) is 2.26. The van der Waals surface area contributed by atoms with E-state index < -0.39 is 14.6 Å². The lowest BCUT2D eigenvalue weighted by Gasteiger charge is -2.24. The number of hydrogen-bond acceptors (Lipinski definition) is 4. The van der Waals surface area contributed by atoms with Gasteiger partial charge >= 0.3 is 0 Å². The lowest BCUT2D eigenvalue weighted by atomic mass is 10.2. The van der Waals surface area contributed by atoms with Crippen molar-refractivity contribution < 1.29 is 13.2 Å². The largest absolute Gasteiger partial charge is 0.385 e. The molecule has 6 nitrogen and oxygen atoms in total. The number of rotatable bonds is 7. The molecule has 0 rings (SSSR count). The summed E-state index contributed by atoms with van der Waals surface area (Å²) < 4.78 is 27.2. The molecule has 0 aliphatic heterocycles. The van der Waals surface area contributed by atoms with Crippen LogP contribution in [0, 0.1) is 0 Å². The van der Waals surface area contributed by atoms with Gasteiger partial charge in [-0.1, -0.05) is 0 Å². The molecule has 0 amide bonds. The molecule has 0 saturated heterocycles. The van der Waals surface area contributed by atoms with E-state index in [-0.39, 0.29) is 0 Å². The Labute approximate surface area is 110 Å². The zero-order valence-corrected chi connectivity index (χ0v) is 12.7. The Morgan fingerprint density at radius 1 is 1.33 bits per heavy atom. The molecule has 0 radical (unpaired) electrons. The van der Waals surface area contributed by atoms with Gasteiger partial charge in [-0.05, 0) is 20.3 Å². The molecule has 7 heteroatoms. The number of nitrogens with zero attached hydrogens (tertiary/aromatic N) is 1. The highest BCUT2D eigenvalue weighted by Crippen LogP contribution is 2.13. The number of hydrogen-bond donors (Lipinski definition) is 2. The van der Waals surface area contributed by atoms with E-state index in [2.05, 4.69) is 15.6 Å². The molecule has 0 unspecified atom stereocenters. The van der Waals surface area contributed by atoms with Crippen LogP contribution in [-0.4, -0.2) is 59.2 Å². The van der Waals surface area contributed by atoms with E-state index in [9.17, 15) is 8.42 Å². The summed E-state index contributed by atoms with van der Waals surface area (Å²) in [7, 11) is 0.206. The monoisotopic (exact) mass is 279 g/mol. The van der Waals surface area contributed by atoms with Gasteiger partial charge in [-0.3, -0.25) is 4.99 Å². The summed E-state index contributed by atoms with van der Waals surface area (Å²) in [5.41, 5.74) is 0. The van der Waals surface area contributed by atoms with Gasteiger partial charge in [0.2, 0.25) is 0 Å². The van der Waals surface area contributed by atoms with Crippen LogP contribution in [0.5, 0.6) is 0 Å². The predicted octanol–water partition coefficient (Wildman–Crippen LogP) is 0.0111. The molecule has 0 fully saturated rings. The molecule has 2 N–H and O–H groups in total. The summed E-state index contributed by atoms with van der Waals surface area (Å²) in [5, 5.41) is 6.10. The standard InChI is InChI=1S/C11H25N3O3S/c1-11(2,18(5,15)16)9-14-10(12-3)13-7-6-8-17-4/h6-9H2,1-5H3,(H2,12,13,14). The highest BCUT2D eigenvalue weighted by molar-refractivity contribution is 7.92. The van der Waals surface area contributed by atoms with E-state index in [0.717, 1.165) is 13.0 Å². The highest BCUT2D eigenvalue weighted by Gasteiger charge is 2.30. The van der Waals surface area contributed by atoms with Gasteiger partial charge in [0, 0.05) is 40.1 Å². The second kappa shape index (κ2) is 7.58. The Balaban J connectivity index is 4.17. The third-order valence-electron chi connectivity index (χ3n) is 2.73. The lowest BCUT2D eigenvalue weighted by Crippen LogP contribution is -2.47. The van der Waals surface area contributed by atoms with E-state index in [1.807, 2.05) is 0 Å². The summed E-state index contributed by atoms with van der Waals surface area (Å²) in [6.45, 7) is 5.10. The summed E-state index contributed by atoms with van der Waals surface area (Å²) in [6, 6.07) is 0. The van der Waals surface area contributed by atoms with E-state index >= 15 is 0 Å². The van der Waals surface area contributed by atoms with Gasteiger partial charge in [0.1, 0.15) is 0 Å². The number of ether oxygens (including phenoxy) is 1. The quantitative estimate of drug-likeness (QED) is 0.390. The van der Waals surface area contributed by atoms with Crippen molar-refractivity contribution in [1.82, 2.24) is 10.6 Å². The molecular formula is C11H25N3O3S. The maximum absolute atomic E-state index is 11.5. The molecule has 0 heterocycles. The molecule has 108 valence electrons. The average molecular weight is 279 g/mol. The van der Waals surface area contributed by atoms with E-state index in [4.69, 9.17) is 4.74 Å². The van der Waals surface area contributed by atoms with Crippen molar-refractivity contribution in [2.24, 2.45) is 4.99 Å². The smallest absolute Gasteiger partial charge is 0.191 e. The highest BCUT2D eigenvalue weighted by atomic mass is 32.2. The third kappa shape index (κ3) is 6.20. The molecule has 0 atom stereocenters. The van der Waals surface area contributed by atoms with Gasteiger partial charge in [0.05, 0.1) is 4.75 Å². The van der Waals surface area contributed by atoms with Gasteiger partial charge in [-0.15, -0.1) is 0 Å². The van der Waals surface area contributed by atoms with Crippen LogP contribution in [0.4, 0.5) is 0 Å². The lowest BCUT2D eigenvalue weighted by molar-refractivity contribution is 0.195. The van der Waals surface area contributed by atoms with Gasteiger partial charge in [-0.2, -0.15) is 0 Å². The molecule has 0 aromatic heterocycles. The van der Waals surface area contributed by atoms with Gasteiger partial charge in [0.25, 0.3) is 0 Å². The van der Waals surface area contributed by atoms with Crippen LogP contribution in [-0.2, 0) is 14.6 Å². The number of nitrogens with one attached hydrogen (secondary N) is 2. The van der Waals surface area contributed by atoms with E-state index in [1.54, 1.807) is 28.0 Å². The Morgan fingerprint density at radius 2 is 1.94 bits per heavy atom. The molecule has 0 saturated carbocycles. The third-order valence-corrected chi connectivity index (χ3v) is 4.88.